The lowest BCUT2D eigenvalue weighted by molar-refractivity contribution is -0.126. The first kappa shape index (κ1) is 18.4. The van der Waals surface area contributed by atoms with Gasteiger partial charge in [0.1, 0.15) is 0 Å². The summed E-state index contributed by atoms with van der Waals surface area (Å²) in [7, 11) is 3.11. The van der Waals surface area contributed by atoms with Crippen LogP contribution < -0.4 is 19.8 Å². The van der Waals surface area contributed by atoms with Gasteiger partial charge in [-0.05, 0) is 35.9 Å². The zero-order valence-corrected chi connectivity index (χ0v) is 15.2. The first-order valence-corrected chi connectivity index (χ1v) is 8.52. The van der Waals surface area contributed by atoms with E-state index in [1.165, 1.54) is 6.21 Å². The molecule has 0 saturated carbocycles. The molecule has 0 aromatic heterocycles. The highest BCUT2D eigenvalue weighted by atomic mass is 16.5. The fourth-order valence-corrected chi connectivity index (χ4v) is 2.94. The average molecular weight is 367 g/mol. The Kier molecular flexibility index (Phi) is 5.71. The topological polar surface area (TPSA) is 80.2 Å². The molecule has 140 valence electrons. The summed E-state index contributed by atoms with van der Waals surface area (Å²) >= 11 is 0. The normalized spacial score (nSPS) is 16.6. The van der Waals surface area contributed by atoms with Gasteiger partial charge in [0.05, 0.1) is 26.4 Å². The Bertz CT molecular complexity index is 852. The van der Waals surface area contributed by atoms with Crippen molar-refractivity contribution in [1.29, 1.82) is 0 Å². The van der Waals surface area contributed by atoms with Crippen LogP contribution in [0.2, 0.25) is 0 Å². The van der Waals surface area contributed by atoms with Gasteiger partial charge in [-0.25, -0.2) is 5.43 Å². The Labute approximate surface area is 157 Å². The molecule has 1 aliphatic heterocycles. The molecular formula is C20H21N3O4. The van der Waals surface area contributed by atoms with Crippen LogP contribution in [0, 0.1) is 5.92 Å². The number of hydrogen-bond donors (Lipinski definition) is 1. The molecule has 2 aromatic rings. The Morgan fingerprint density at radius 3 is 2.59 bits per heavy atom. The van der Waals surface area contributed by atoms with E-state index in [0.29, 0.717) is 18.0 Å². The Balaban J connectivity index is 1.60. The van der Waals surface area contributed by atoms with Crippen LogP contribution in [-0.4, -0.2) is 38.8 Å². The number of amides is 2. The third-order valence-electron chi connectivity index (χ3n) is 4.36. The van der Waals surface area contributed by atoms with Crippen LogP contribution in [0.25, 0.3) is 0 Å². The maximum absolute atomic E-state index is 12.3. The Morgan fingerprint density at radius 1 is 1.15 bits per heavy atom. The maximum Gasteiger partial charge on any atom is 0.245 e. The van der Waals surface area contributed by atoms with Gasteiger partial charge in [0, 0.05) is 18.7 Å². The summed E-state index contributed by atoms with van der Waals surface area (Å²) in [5, 5.41) is 3.99. The summed E-state index contributed by atoms with van der Waals surface area (Å²) in [4.78, 5) is 26.2. The molecule has 1 aliphatic rings. The molecule has 0 unspecified atom stereocenters. The van der Waals surface area contributed by atoms with E-state index in [1.54, 1.807) is 37.3 Å². The monoisotopic (exact) mass is 367 g/mol. The predicted octanol–water partition coefficient (Wildman–Crippen LogP) is 2.21. The second kappa shape index (κ2) is 8.35. The van der Waals surface area contributed by atoms with Gasteiger partial charge in [-0.2, -0.15) is 5.10 Å². The van der Waals surface area contributed by atoms with Crippen LogP contribution in [-0.2, 0) is 9.59 Å². The molecule has 7 nitrogen and oxygen atoms in total. The molecule has 1 saturated heterocycles. The molecule has 1 fully saturated rings. The number of anilines is 1. The van der Waals surface area contributed by atoms with E-state index >= 15 is 0 Å². The number of nitrogens with one attached hydrogen (secondary N) is 1. The van der Waals surface area contributed by atoms with Crippen molar-refractivity contribution in [3.63, 3.8) is 0 Å². The Hall–Kier alpha value is -3.35. The van der Waals surface area contributed by atoms with E-state index in [1.807, 2.05) is 30.3 Å². The number of rotatable bonds is 6. The highest BCUT2D eigenvalue weighted by Crippen LogP contribution is 2.27. The quantitative estimate of drug-likeness (QED) is 0.627. The molecular weight excluding hydrogens is 346 g/mol. The van der Waals surface area contributed by atoms with Crippen molar-refractivity contribution in [2.45, 2.75) is 6.42 Å². The minimum atomic E-state index is -0.430. The van der Waals surface area contributed by atoms with Crippen molar-refractivity contribution >= 4 is 23.7 Å². The fourth-order valence-electron chi connectivity index (χ4n) is 2.94. The number of carbonyl (C=O) groups is 2. The first-order chi connectivity index (χ1) is 13.1. The molecule has 2 aromatic carbocycles. The lowest BCUT2D eigenvalue weighted by atomic mass is 10.1. The van der Waals surface area contributed by atoms with Gasteiger partial charge in [-0.1, -0.05) is 18.2 Å². The van der Waals surface area contributed by atoms with Crippen molar-refractivity contribution in [3.8, 4) is 11.5 Å². The number of methoxy groups -OCH3 is 2. The molecule has 27 heavy (non-hydrogen) atoms. The molecule has 0 spiro atoms. The van der Waals surface area contributed by atoms with E-state index in [2.05, 4.69) is 10.5 Å². The van der Waals surface area contributed by atoms with Gasteiger partial charge in [0.2, 0.25) is 11.8 Å². The fraction of sp³-hybridized carbons (Fsp3) is 0.250. The zero-order chi connectivity index (χ0) is 19.2. The van der Waals surface area contributed by atoms with E-state index in [0.717, 1.165) is 11.3 Å². The number of ether oxygens (including phenoxy) is 2. The summed E-state index contributed by atoms with van der Waals surface area (Å²) in [6.45, 7) is 0.348. The molecule has 1 heterocycles. The highest BCUT2D eigenvalue weighted by Gasteiger charge is 2.34. The SMILES string of the molecule is COc1ccc(/C=N\NC(=O)[C@@H]2CC(=O)N(c3ccccc3)C2)cc1OC. The maximum atomic E-state index is 12.3. The van der Waals surface area contributed by atoms with Gasteiger partial charge in [0.15, 0.2) is 11.5 Å². The first-order valence-electron chi connectivity index (χ1n) is 8.52. The largest absolute Gasteiger partial charge is 0.493 e. The lowest BCUT2D eigenvalue weighted by Crippen LogP contribution is -2.30. The van der Waals surface area contributed by atoms with E-state index in [9.17, 15) is 9.59 Å². The highest BCUT2D eigenvalue weighted by molar-refractivity contribution is 6.00. The van der Waals surface area contributed by atoms with Crippen molar-refractivity contribution < 1.29 is 19.1 Å². The van der Waals surface area contributed by atoms with E-state index in [4.69, 9.17) is 9.47 Å². The molecule has 1 N–H and O–H groups in total. The predicted molar refractivity (Wildman–Crippen MR) is 102 cm³/mol. The molecule has 3 rings (SSSR count). The van der Waals surface area contributed by atoms with Gasteiger partial charge in [0.25, 0.3) is 0 Å². The van der Waals surface area contributed by atoms with E-state index in [-0.39, 0.29) is 18.2 Å². The van der Waals surface area contributed by atoms with Crippen LogP contribution in [0.3, 0.4) is 0 Å². The number of para-hydroxylation sites is 1. The Morgan fingerprint density at radius 2 is 1.89 bits per heavy atom. The summed E-state index contributed by atoms with van der Waals surface area (Å²) in [5.41, 5.74) is 4.06. The summed E-state index contributed by atoms with van der Waals surface area (Å²) in [5.74, 6) is 0.417. The third-order valence-corrected chi connectivity index (χ3v) is 4.36. The summed E-state index contributed by atoms with van der Waals surface area (Å²) in [6.07, 6.45) is 1.69. The van der Waals surface area contributed by atoms with Gasteiger partial charge in [-0.3, -0.25) is 9.59 Å². The molecule has 0 aliphatic carbocycles. The molecule has 7 heteroatoms. The van der Waals surface area contributed by atoms with Crippen LogP contribution in [0.1, 0.15) is 12.0 Å². The second-order valence-electron chi connectivity index (χ2n) is 6.09. The van der Waals surface area contributed by atoms with Crippen LogP contribution in [0.4, 0.5) is 5.69 Å². The van der Waals surface area contributed by atoms with Crippen molar-refractivity contribution in [1.82, 2.24) is 5.43 Å². The van der Waals surface area contributed by atoms with Gasteiger partial charge in [-0.15, -0.1) is 0 Å². The summed E-state index contributed by atoms with van der Waals surface area (Å²) in [6, 6.07) is 14.6. The van der Waals surface area contributed by atoms with Crippen LogP contribution in [0.5, 0.6) is 11.5 Å². The smallest absolute Gasteiger partial charge is 0.245 e. The minimum absolute atomic E-state index is 0.0646. The third kappa shape index (κ3) is 4.25. The molecule has 2 amide bonds. The lowest BCUT2D eigenvalue weighted by Gasteiger charge is -2.16. The van der Waals surface area contributed by atoms with Crippen molar-refractivity contribution in [3.05, 3.63) is 54.1 Å². The number of nitrogens with zero attached hydrogens (tertiary/aromatic N) is 2. The van der Waals surface area contributed by atoms with Gasteiger partial charge < -0.3 is 14.4 Å². The van der Waals surface area contributed by atoms with Crippen molar-refractivity contribution in [2.75, 3.05) is 25.7 Å². The van der Waals surface area contributed by atoms with Gasteiger partial charge >= 0.3 is 0 Å². The van der Waals surface area contributed by atoms with E-state index < -0.39 is 5.92 Å². The number of hydrazone groups is 1. The van der Waals surface area contributed by atoms with Crippen molar-refractivity contribution in [2.24, 2.45) is 11.0 Å². The number of benzene rings is 2. The molecule has 1 atom stereocenters. The van der Waals surface area contributed by atoms with Crippen LogP contribution in [0.15, 0.2) is 53.6 Å². The number of carbonyl (C=O) groups excluding carboxylic acids is 2. The second-order valence-corrected chi connectivity index (χ2v) is 6.09. The standard InChI is InChI=1S/C20H21N3O4/c1-26-17-9-8-14(10-18(17)27-2)12-21-22-20(25)15-11-19(24)23(13-15)16-6-4-3-5-7-16/h3-10,12,15H,11,13H2,1-2H3,(H,22,25)/b21-12-/t15-/m1/s1. The number of hydrogen-bond acceptors (Lipinski definition) is 5. The minimum Gasteiger partial charge on any atom is -0.493 e. The average Bonchev–Trinajstić information content (AvgIpc) is 3.10. The van der Waals surface area contributed by atoms with Crippen LogP contribution >= 0.6 is 0 Å². The zero-order valence-electron chi connectivity index (χ0n) is 15.2. The summed E-state index contributed by atoms with van der Waals surface area (Å²) < 4.78 is 10.4. The molecule has 0 bridgehead atoms. The molecule has 0 radical (unpaired) electrons.